The molecule has 2 saturated heterocycles. The van der Waals surface area contributed by atoms with Crippen molar-refractivity contribution >= 4 is 5.91 Å². The second kappa shape index (κ2) is 7.30. The van der Waals surface area contributed by atoms with Crippen LogP contribution in [0.15, 0.2) is 0 Å². The molecule has 3 N–H and O–H groups in total. The number of carbonyl (C=O) groups excluding carboxylic acids is 1. The van der Waals surface area contributed by atoms with Gasteiger partial charge in [0, 0.05) is 25.2 Å². The first-order chi connectivity index (χ1) is 11.4. The molecule has 24 heavy (non-hydrogen) atoms. The molecule has 0 bridgehead atoms. The first-order valence-electron chi connectivity index (χ1n) is 9.94. The van der Waals surface area contributed by atoms with E-state index in [0.717, 1.165) is 45.4 Å². The summed E-state index contributed by atoms with van der Waals surface area (Å²) in [5.41, 5.74) is 5.79. The van der Waals surface area contributed by atoms with Crippen LogP contribution in [0, 0.1) is 5.92 Å². The molecule has 1 atom stereocenters. The highest BCUT2D eigenvalue weighted by Crippen LogP contribution is 2.29. The Morgan fingerprint density at radius 2 is 1.88 bits per heavy atom. The second-order valence-corrected chi connectivity index (χ2v) is 8.97. The summed E-state index contributed by atoms with van der Waals surface area (Å²) < 4.78 is 0. The highest BCUT2D eigenvalue weighted by Gasteiger charge is 2.40. The van der Waals surface area contributed by atoms with E-state index < -0.39 is 5.54 Å². The monoisotopic (exact) mass is 336 g/mol. The molecule has 1 aliphatic carbocycles. The maximum atomic E-state index is 12.2. The molecular weight excluding hydrogens is 300 g/mol. The second-order valence-electron chi connectivity index (χ2n) is 8.97. The van der Waals surface area contributed by atoms with Crippen molar-refractivity contribution in [2.24, 2.45) is 11.7 Å². The number of likely N-dealkylation sites (tertiary alicyclic amines) is 2. The molecule has 5 nitrogen and oxygen atoms in total. The molecule has 2 heterocycles. The molecule has 0 aromatic heterocycles. The SMILES string of the molecule is CC(C)(CN1CC[C@H](CNC(=O)C2(N)CCC2)C1)N1CCCCC1. The van der Waals surface area contributed by atoms with E-state index in [1.165, 1.54) is 38.8 Å². The average Bonchev–Trinajstić information content (AvgIpc) is 2.98. The van der Waals surface area contributed by atoms with Crippen molar-refractivity contribution in [2.75, 3.05) is 39.3 Å². The number of nitrogens with one attached hydrogen (secondary N) is 1. The van der Waals surface area contributed by atoms with Crippen molar-refractivity contribution in [3.8, 4) is 0 Å². The van der Waals surface area contributed by atoms with Crippen molar-refractivity contribution in [3.63, 3.8) is 0 Å². The molecule has 1 amide bonds. The van der Waals surface area contributed by atoms with Crippen molar-refractivity contribution in [1.82, 2.24) is 15.1 Å². The number of piperidine rings is 1. The Kier molecular flexibility index (Phi) is 5.52. The zero-order valence-corrected chi connectivity index (χ0v) is 15.6. The third-order valence-electron chi connectivity index (χ3n) is 6.44. The van der Waals surface area contributed by atoms with Gasteiger partial charge < -0.3 is 16.0 Å². The molecule has 3 aliphatic rings. The predicted octanol–water partition coefficient (Wildman–Crippen LogP) is 1.57. The van der Waals surface area contributed by atoms with Gasteiger partial charge in [-0.15, -0.1) is 0 Å². The van der Waals surface area contributed by atoms with Crippen molar-refractivity contribution in [3.05, 3.63) is 0 Å². The van der Waals surface area contributed by atoms with Gasteiger partial charge in [-0.2, -0.15) is 0 Å². The Labute approximate surface area is 147 Å². The van der Waals surface area contributed by atoms with Gasteiger partial charge in [-0.3, -0.25) is 9.69 Å². The maximum Gasteiger partial charge on any atom is 0.240 e. The minimum Gasteiger partial charge on any atom is -0.354 e. The Morgan fingerprint density at radius 1 is 1.17 bits per heavy atom. The Morgan fingerprint density at radius 3 is 2.50 bits per heavy atom. The van der Waals surface area contributed by atoms with Crippen LogP contribution in [-0.4, -0.2) is 66.1 Å². The standard InChI is InChI=1S/C19H36N4O/c1-18(2,23-10-4-3-5-11-23)15-22-12-7-16(14-22)13-21-17(24)19(20)8-6-9-19/h16H,3-15,20H2,1-2H3,(H,21,24)/t16-/m1/s1. The number of hydrogen-bond donors (Lipinski definition) is 2. The zero-order chi connectivity index (χ0) is 17.2. The Balaban J connectivity index is 1.41. The van der Waals surface area contributed by atoms with Crippen LogP contribution in [0.3, 0.4) is 0 Å². The average molecular weight is 337 g/mol. The third kappa shape index (κ3) is 4.12. The van der Waals surface area contributed by atoms with E-state index in [2.05, 4.69) is 29.0 Å². The molecule has 0 unspecified atom stereocenters. The quantitative estimate of drug-likeness (QED) is 0.773. The van der Waals surface area contributed by atoms with Crippen molar-refractivity contribution < 1.29 is 4.79 Å². The lowest BCUT2D eigenvalue weighted by Crippen LogP contribution is -2.59. The normalized spacial score (nSPS) is 28.5. The topological polar surface area (TPSA) is 61.6 Å². The summed E-state index contributed by atoms with van der Waals surface area (Å²) in [6, 6.07) is 0. The summed E-state index contributed by atoms with van der Waals surface area (Å²) in [6.45, 7) is 11.5. The van der Waals surface area contributed by atoms with Crippen LogP contribution in [-0.2, 0) is 4.79 Å². The number of nitrogens with two attached hydrogens (primary N) is 1. The van der Waals surface area contributed by atoms with Crippen LogP contribution in [0.5, 0.6) is 0 Å². The molecule has 1 saturated carbocycles. The summed E-state index contributed by atoms with van der Waals surface area (Å²) in [7, 11) is 0. The summed E-state index contributed by atoms with van der Waals surface area (Å²) in [4.78, 5) is 17.4. The molecule has 0 aromatic rings. The molecule has 2 aliphatic heterocycles. The summed E-state index contributed by atoms with van der Waals surface area (Å²) in [6.07, 6.45) is 8.05. The van der Waals surface area contributed by atoms with Gasteiger partial charge in [0.15, 0.2) is 0 Å². The maximum absolute atomic E-state index is 12.2. The van der Waals surface area contributed by atoms with Gasteiger partial charge >= 0.3 is 0 Å². The van der Waals surface area contributed by atoms with Gasteiger partial charge in [0.05, 0.1) is 5.54 Å². The molecule has 3 fully saturated rings. The number of amides is 1. The summed E-state index contributed by atoms with van der Waals surface area (Å²) in [5, 5.41) is 3.11. The lowest BCUT2D eigenvalue weighted by atomic mass is 9.77. The van der Waals surface area contributed by atoms with Crippen LogP contribution >= 0.6 is 0 Å². The van der Waals surface area contributed by atoms with Gasteiger partial charge in [0.25, 0.3) is 0 Å². The Hall–Kier alpha value is -0.650. The van der Waals surface area contributed by atoms with Crippen LogP contribution in [0.1, 0.15) is 58.8 Å². The fraction of sp³-hybridized carbons (Fsp3) is 0.947. The lowest BCUT2D eigenvalue weighted by molar-refractivity contribution is -0.129. The van der Waals surface area contributed by atoms with E-state index >= 15 is 0 Å². The van der Waals surface area contributed by atoms with Crippen molar-refractivity contribution in [2.45, 2.75) is 69.9 Å². The number of carbonyl (C=O) groups is 1. The highest BCUT2D eigenvalue weighted by molar-refractivity contribution is 5.86. The molecule has 0 radical (unpaired) electrons. The highest BCUT2D eigenvalue weighted by atomic mass is 16.2. The molecule has 138 valence electrons. The largest absolute Gasteiger partial charge is 0.354 e. The van der Waals surface area contributed by atoms with Gasteiger partial charge in [0.2, 0.25) is 5.91 Å². The molecule has 5 heteroatoms. The van der Waals surface area contributed by atoms with Crippen LogP contribution in [0.25, 0.3) is 0 Å². The van der Waals surface area contributed by atoms with Crippen LogP contribution in [0.2, 0.25) is 0 Å². The number of hydrogen-bond acceptors (Lipinski definition) is 4. The van der Waals surface area contributed by atoms with E-state index in [1.807, 2.05) is 0 Å². The van der Waals surface area contributed by atoms with E-state index in [4.69, 9.17) is 5.73 Å². The fourth-order valence-corrected chi connectivity index (χ4v) is 4.57. The van der Waals surface area contributed by atoms with Crippen molar-refractivity contribution in [1.29, 1.82) is 0 Å². The minimum atomic E-state index is -0.561. The number of nitrogens with zero attached hydrogens (tertiary/aromatic N) is 2. The van der Waals surface area contributed by atoms with E-state index in [1.54, 1.807) is 0 Å². The van der Waals surface area contributed by atoms with Crippen LogP contribution in [0.4, 0.5) is 0 Å². The van der Waals surface area contributed by atoms with Gasteiger partial charge in [-0.05, 0) is 77.9 Å². The summed E-state index contributed by atoms with van der Waals surface area (Å²) in [5.74, 6) is 0.649. The Bertz CT molecular complexity index is 441. The van der Waals surface area contributed by atoms with Crippen LogP contribution < -0.4 is 11.1 Å². The summed E-state index contributed by atoms with van der Waals surface area (Å²) >= 11 is 0. The first kappa shape index (κ1) is 18.2. The van der Waals surface area contributed by atoms with Gasteiger partial charge in [-0.25, -0.2) is 0 Å². The molecule has 0 aromatic carbocycles. The molecule has 0 spiro atoms. The number of rotatable bonds is 6. The van der Waals surface area contributed by atoms with E-state index in [-0.39, 0.29) is 11.4 Å². The molecular formula is C19H36N4O. The fourth-order valence-electron chi connectivity index (χ4n) is 4.57. The predicted molar refractivity (Wildman–Crippen MR) is 97.8 cm³/mol. The zero-order valence-electron chi connectivity index (χ0n) is 15.6. The molecule has 3 rings (SSSR count). The smallest absolute Gasteiger partial charge is 0.240 e. The first-order valence-corrected chi connectivity index (χ1v) is 9.94. The van der Waals surface area contributed by atoms with Gasteiger partial charge in [0.1, 0.15) is 0 Å². The lowest BCUT2D eigenvalue weighted by Gasteiger charge is -2.43. The van der Waals surface area contributed by atoms with E-state index in [0.29, 0.717) is 5.92 Å². The van der Waals surface area contributed by atoms with Gasteiger partial charge in [-0.1, -0.05) is 6.42 Å². The minimum absolute atomic E-state index is 0.0702. The third-order valence-corrected chi connectivity index (χ3v) is 6.44. The van der Waals surface area contributed by atoms with E-state index in [9.17, 15) is 4.79 Å².